The Balaban J connectivity index is 1.57. The largest absolute Gasteiger partial charge is 0.425 e. The van der Waals surface area contributed by atoms with E-state index in [0.717, 1.165) is 37.4 Å². The summed E-state index contributed by atoms with van der Waals surface area (Å²) >= 11 is 0. The number of rotatable bonds is 5. The van der Waals surface area contributed by atoms with Gasteiger partial charge in [-0.15, -0.1) is 10.2 Å². The molecular formula is C18H27N5O2. The summed E-state index contributed by atoms with van der Waals surface area (Å²) in [6.45, 7) is 7.58. The molecular weight excluding hydrogens is 318 g/mol. The molecule has 25 heavy (non-hydrogen) atoms. The summed E-state index contributed by atoms with van der Waals surface area (Å²) in [4.78, 5) is 19.2. The molecule has 1 aliphatic rings. The second kappa shape index (κ2) is 7.37. The molecule has 3 heterocycles. The molecule has 0 saturated carbocycles. The van der Waals surface area contributed by atoms with Crippen molar-refractivity contribution in [1.82, 2.24) is 24.6 Å². The lowest BCUT2D eigenvalue weighted by atomic mass is 9.96. The first-order valence-electron chi connectivity index (χ1n) is 9.04. The highest BCUT2D eigenvalue weighted by atomic mass is 16.4. The van der Waals surface area contributed by atoms with Crippen LogP contribution in [0.4, 0.5) is 0 Å². The van der Waals surface area contributed by atoms with Gasteiger partial charge in [0.15, 0.2) is 0 Å². The number of amides is 1. The fourth-order valence-electron chi connectivity index (χ4n) is 3.40. The molecule has 7 nitrogen and oxygen atoms in total. The Morgan fingerprint density at radius 3 is 2.84 bits per heavy atom. The minimum Gasteiger partial charge on any atom is -0.425 e. The fraction of sp³-hybridized carbons (Fsp3) is 0.667. The molecule has 0 bridgehead atoms. The van der Waals surface area contributed by atoms with Crippen molar-refractivity contribution in [2.24, 2.45) is 7.05 Å². The number of piperidine rings is 1. The van der Waals surface area contributed by atoms with Crippen molar-refractivity contribution in [3.63, 3.8) is 0 Å². The molecule has 1 amide bonds. The third kappa shape index (κ3) is 4.08. The molecule has 1 aliphatic heterocycles. The van der Waals surface area contributed by atoms with Crippen LogP contribution in [0.25, 0.3) is 0 Å². The van der Waals surface area contributed by atoms with E-state index in [0.29, 0.717) is 30.5 Å². The normalized spacial score (nSPS) is 18.1. The molecule has 0 N–H and O–H groups in total. The van der Waals surface area contributed by atoms with E-state index in [2.05, 4.69) is 19.7 Å². The Morgan fingerprint density at radius 2 is 2.20 bits per heavy atom. The lowest BCUT2D eigenvalue weighted by Gasteiger charge is -2.32. The number of likely N-dealkylation sites (tertiary alicyclic amines) is 1. The van der Waals surface area contributed by atoms with E-state index in [1.165, 1.54) is 0 Å². The molecule has 7 heteroatoms. The van der Waals surface area contributed by atoms with Gasteiger partial charge in [0.2, 0.25) is 17.7 Å². The van der Waals surface area contributed by atoms with Gasteiger partial charge < -0.3 is 13.9 Å². The second-order valence-corrected chi connectivity index (χ2v) is 7.22. The molecule has 1 atom stereocenters. The maximum absolute atomic E-state index is 12.6. The van der Waals surface area contributed by atoms with Crippen molar-refractivity contribution in [3.8, 4) is 0 Å². The SMILES string of the molecule is Cc1cn(C)c([C@@H]2CCCN(C(=O)CCc3nnc(C(C)C)o3)C2)n1. The molecule has 0 aromatic carbocycles. The van der Waals surface area contributed by atoms with Gasteiger partial charge in [0.25, 0.3) is 0 Å². The van der Waals surface area contributed by atoms with Crippen LogP contribution in [0.5, 0.6) is 0 Å². The van der Waals surface area contributed by atoms with E-state index in [4.69, 9.17) is 4.42 Å². The van der Waals surface area contributed by atoms with Gasteiger partial charge in [-0.3, -0.25) is 4.79 Å². The van der Waals surface area contributed by atoms with Crippen molar-refractivity contribution in [2.75, 3.05) is 13.1 Å². The molecule has 1 fully saturated rings. The van der Waals surface area contributed by atoms with E-state index in [9.17, 15) is 4.79 Å². The number of carbonyl (C=O) groups is 1. The summed E-state index contributed by atoms with van der Waals surface area (Å²) in [7, 11) is 2.03. The third-order valence-corrected chi connectivity index (χ3v) is 4.70. The van der Waals surface area contributed by atoms with E-state index in [1.54, 1.807) is 0 Å². The van der Waals surface area contributed by atoms with Gasteiger partial charge >= 0.3 is 0 Å². The Morgan fingerprint density at radius 1 is 1.40 bits per heavy atom. The molecule has 0 spiro atoms. The van der Waals surface area contributed by atoms with Gasteiger partial charge in [0, 0.05) is 51.0 Å². The lowest BCUT2D eigenvalue weighted by Crippen LogP contribution is -2.39. The summed E-state index contributed by atoms with van der Waals surface area (Å²) in [5.74, 6) is 2.93. The van der Waals surface area contributed by atoms with Crippen LogP contribution >= 0.6 is 0 Å². The molecule has 3 rings (SSSR count). The quantitative estimate of drug-likeness (QED) is 0.832. The minimum atomic E-state index is 0.153. The molecule has 0 unspecified atom stereocenters. The number of aromatic nitrogens is 4. The number of carbonyl (C=O) groups excluding carboxylic acids is 1. The predicted octanol–water partition coefficient (Wildman–Crippen LogP) is 2.57. The van der Waals surface area contributed by atoms with E-state index >= 15 is 0 Å². The van der Waals surface area contributed by atoms with Crippen LogP contribution in [0.3, 0.4) is 0 Å². The standard InChI is InChI=1S/C18H27N5O2/c1-12(2)18-21-20-15(25-18)7-8-16(24)23-9-5-6-14(11-23)17-19-13(3)10-22(17)4/h10,12,14H,5-9,11H2,1-4H3/t14-/m1/s1. The average Bonchev–Trinajstić information content (AvgIpc) is 3.19. The number of aryl methyl sites for hydroxylation is 3. The van der Waals surface area contributed by atoms with Gasteiger partial charge in [-0.2, -0.15) is 0 Å². The summed E-state index contributed by atoms with van der Waals surface area (Å²) in [5.41, 5.74) is 1.03. The monoisotopic (exact) mass is 345 g/mol. The third-order valence-electron chi connectivity index (χ3n) is 4.70. The zero-order valence-electron chi connectivity index (χ0n) is 15.5. The van der Waals surface area contributed by atoms with Crippen LogP contribution in [0, 0.1) is 6.92 Å². The Hall–Kier alpha value is -2.18. The first-order valence-corrected chi connectivity index (χ1v) is 9.04. The molecule has 0 radical (unpaired) electrons. The smallest absolute Gasteiger partial charge is 0.223 e. The molecule has 136 valence electrons. The minimum absolute atomic E-state index is 0.153. The number of nitrogens with zero attached hydrogens (tertiary/aromatic N) is 5. The van der Waals surface area contributed by atoms with Gasteiger partial charge in [-0.25, -0.2) is 4.98 Å². The van der Waals surface area contributed by atoms with Gasteiger partial charge in [-0.05, 0) is 19.8 Å². The fourth-order valence-corrected chi connectivity index (χ4v) is 3.40. The summed E-state index contributed by atoms with van der Waals surface area (Å²) in [5, 5.41) is 8.05. The maximum atomic E-state index is 12.6. The van der Waals surface area contributed by atoms with Gasteiger partial charge in [0.05, 0.1) is 5.69 Å². The van der Waals surface area contributed by atoms with Crippen molar-refractivity contribution in [1.29, 1.82) is 0 Å². The first-order chi connectivity index (χ1) is 11.9. The second-order valence-electron chi connectivity index (χ2n) is 7.22. The average molecular weight is 345 g/mol. The Bertz CT molecular complexity index is 734. The first kappa shape index (κ1) is 17.6. The zero-order valence-corrected chi connectivity index (χ0v) is 15.5. The highest BCUT2D eigenvalue weighted by Gasteiger charge is 2.27. The number of hydrogen-bond acceptors (Lipinski definition) is 5. The summed E-state index contributed by atoms with van der Waals surface area (Å²) in [6.07, 6.45) is 5.04. The van der Waals surface area contributed by atoms with Crippen LogP contribution in [0.15, 0.2) is 10.6 Å². The van der Waals surface area contributed by atoms with E-state index in [1.807, 2.05) is 38.9 Å². The molecule has 2 aromatic rings. The van der Waals surface area contributed by atoms with Crippen LogP contribution in [0.2, 0.25) is 0 Å². The Labute approximate surface area is 148 Å². The van der Waals surface area contributed by atoms with Crippen molar-refractivity contribution in [2.45, 2.75) is 58.3 Å². The van der Waals surface area contributed by atoms with Gasteiger partial charge in [-0.1, -0.05) is 13.8 Å². The number of imidazole rings is 1. The highest BCUT2D eigenvalue weighted by molar-refractivity contribution is 5.76. The predicted molar refractivity (Wildman–Crippen MR) is 93.2 cm³/mol. The van der Waals surface area contributed by atoms with Crippen molar-refractivity contribution < 1.29 is 9.21 Å². The van der Waals surface area contributed by atoms with Crippen LogP contribution in [-0.4, -0.2) is 43.6 Å². The highest BCUT2D eigenvalue weighted by Crippen LogP contribution is 2.26. The zero-order chi connectivity index (χ0) is 18.0. The summed E-state index contributed by atoms with van der Waals surface area (Å²) in [6, 6.07) is 0. The van der Waals surface area contributed by atoms with Crippen molar-refractivity contribution >= 4 is 5.91 Å². The van der Waals surface area contributed by atoms with Crippen LogP contribution in [-0.2, 0) is 18.3 Å². The molecule has 0 aliphatic carbocycles. The Kier molecular flexibility index (Phi) is 5.20. The van der Waals surface area contributed by atoms with Crippen LogP contribution < -0.4 is 0 Å². The van der Waals surface area contributed by atoms with Crippen LogP contribution in [0.1, 0.15) is 68.2 Å². The van der Waals surface area contributed by atoms with E-state index in [-0.39, 0.29) is 11.8 Å². The van der Waals surface area contributed by atoms with Gasteiger partial charge in [0.1, 0.15) is 5.82 Å². The van der Waals surface area contributed by atoms with E-state index < -0.39 is 0 Å². The van der Waals surface area contributed by atoms with Crippen molar-refractivity contribution in [3.05, 3.63) is 29.5 Å². The topological polar surface area (TPSA) is 77.0 Å². The number of hydrogen-bond donors (Lipinski definition) is 0. The molecule has 2 aromatic heterocycles. The molecule has 1 saturated heterocycles. The lowest BCUT2D eigenvalue weighted by molar-refractivity contribution is -0.132. The maximum Gasteiger partial charge on any atom is 0.223 e. The summed E-state index contributed by atoms with van der Waals surface area (Å²) < 4.78 is 7.67.